The van der Waals surface area contributed by atoms with Gasteiger partial charge in [-0.15, -0.1) is 0 Å². The third-order valence-corrected chi connectivity index (χ3v) is 2.85. The lowest BCUT2D eigenvalue weighted by Crippen LogP contribution is -2.00. The van der Waals surface area contributed by atoms with E-state index in [-0.39, 0.29) is 11.1 Å². The van der Waals surface area contributed by atoms with Crippen LogP contribution in [0, 0.1) is 6.92 Å². The van der Waals surface area contributed by atoms with E-state index in [9.17, 15) is 9.59 Å². The quantitative estimate of drug-likeness (QED) is 0.885. The summed E-state index contributed by atoms with van der Waals surface area (Å²) in [6, 6.07) is 11.2. The molecular weight excluding hydrogens is 244 g/mol. The number of aromatic carboxylic acids is 2. The fourth-order valence-electron chi connectivity index (χ4n) is 1.88. The zero-order valence-electron chi connectivity index (χ0n) is 10.3. The van der Waals surface area contributed by atoms with Gasteiger partial charge in [0.25, 0.3) is 0 Å². The Labute approximate surface area is 109 Å². The summed E-state index contributed by atoms with van der Waals surface area (Å²) in [4.78, 5) is 22.0. The van der Waals surface area contributed by atoms with E-state index in [1.54, 1.807) is 30.3 Å². The number of aryl methyl sites for hydroxylation is 1. The number of hydrogen-bond donors (Lipinski definition) is 2. The van der Waals surface area contributed by atoms with Crippen LogP contribution in [0.25, 0.3) is 11.1 Å². The smallest absolute Gasteiger partial charge is 0.336 e. The van der Waals surface area contributed by atoms with Crippen LogP contribution in [0.5, 0.6) is 0 Å². The molecule has 2 aromatic rings. The molecule has 0 radical (unpaired) electrons. The van der Waals surface area contributed by atoms with Gasteiger partial charge in [-0.1, -0.05) is 29.8 Å². The van der Waals surface area contributed by atoms with Gasteiger partial charge in [0.1, 0.15) is 0 Å². The van der Waals surface area contributed by atoms with Crippen LogP contribution in [0.3, 0.4) is 0 Å². The SMILES string of the molecule is Cc1ccc(C(=O)O)c(-c2ccc(C(=O)O)cc2)c1. The van der Waals surface area contributed by atoms with Crippen molar-refractivity contribution in [3.05, 3.63) is 59.2 Å². The summed E-state index contributed by atoms with van der Waals surface area (Å²) in [7, 11) is 0. The number of carbonyl (C=O) groups is 2. The highest BCUT2D eigenvalue weighted by Crippen LogP contribution is 2.25. The molecule has 0 saturated carbocycles. The summed E-state index contributed by atoms with van der Waals surface area (Å²) in [6.45, 7) is 1.88. The third kappa shape index (κ3) is 2.63. The van der Waals surface area contributed by atoms with Gasteiger partial charge in [-0.2, -0.15) is 0 Å². The van der Waals surface area contributed by atoms with Gasteiger partial charge in [0.2, 0.25) is 0 Å². The second-order valence-corrected chi connectivity index (χ2v) is 4.24. The van der Waals surface area contributed by atoms with Crippen molar-refractivity contribution >= 4 is 11.9 Å². The predicted octanol–water partition coefficient (Wildman–Crippen LogP) is 3.06. The first-order chi connectivity index (χ1) is 8.99. The zero-order valence-corrected chi connectivity index (χ0v) is 10.3. The molecule has 2 aromatic carbocycles. The molecule has 0 unspecified atom stereocenters. The summed E-state index contributed by atoms with van der Waals surface area (Å²) in [5, 5.41) is 18.0. The maximum atomic E-state index is 11.2. The Bertz CT molecular complexity index is 642. The molecule has 96 valence electrons. The molecule has 0 bridgehead atoms. The first-order valence-corrected chi connectivity index (χ1v) is 5.66. The second-order valence-electron chi connectivity index (χ2n) is 4.24. The van der Waals surface area contributed by atoms with Gasteiger partial charge in [0.05, 0.1) is 11.1 Å². The second kappa shape index (κ2) is 4.94. The van der Waals surface area contributed by atoms with Crippen LogP contribution < -0.4 is 0 Å². The van der Waals surface area contributed by atoms with E-state index in [0.717, 1.165) is 5.56 Å². The maximum Gasteiger partial charge on any atom is 0.336 e. The molecule has 19 heavy (non-hydrogen) atoms. The summed E-state index contributed by atoms with van der Waals surface area (Å²) >= 11 is 0. The van der Waals surface area contributed by atoms with E-state index in [2.05, 4.69) is 0 Å². The first-order valence-electron chi connectivity index (χ1n) is 5.66. The van der Waals surface area contributed by atoms with E-state index in [4.69, 9.17) is 10.2 Å². The van der Waals surface area contributed by atoms with Crippen LogP contribution in [0.4, 0.5) is 0 Å². The Balaban J connectivity index is 2.54. The highest BCUT2D eigenvalue weighted by Gasteiger charge is 2.12. The fraction of sp³-hybridized carbons (Fsp3) is 0.0667. The molecule has 0 saturated heterocycles. The lowest BCUT2D eigenvalue weighted by atomic mass is 9.97. The molecule has 0 aliphatic rings. The molecule has 0 heterocycles. The molecular formula is C15H12O4. The molecule has 0 fully saturated rings. The van der Waals surface area contributed by atoms with Crippen LogP contribution in [0.15, 0.2) is 42.5 Å². The Morgan fingerprint density at radius 3 is 2.05 bits per heavy atom. The van der Waals surface area contributed by atoms with Crippen molar-refractivity contribution in [1.82, 2.24) is 0 Å². The lowest BCUT2D eigenvalue weighted by molar-refractivity contribution is 0.0686. The highest BCUT2D eigenvalue weighted by molar-refractivity contribution is 5.96. The fourth-order valence-corrected chi connectivity index (χ4v) is 1.88. The van der Waals surface area contributed by atoms with E-state index in [1.165, 1.54) is 12.1 Å². The summed E-state index contributed by atoms with van der Waals surface area (Å²) in [5.41, 5.74) is 2.60. The first kappa shape index (κ1) is 12.8. The average molecular weight is 256 g/mol. The Morgan fingerprint density at radius 2 is 1.53 bits per heavy atom. The van der Waals surface area contributed by atoms with Crippen LogP contribution in [-0.2, 0) is 0 Å². The van der Waals surface area contributed by atoms with Gasteiger partial charge in [0, 0.05) is 0 Å². The van der Waals surface area contributed by atoms with E-state index < -0.39 is 11.9 Å². The minimum Gasteiger partial charge on any atom is -0.478 e. The monoisotopic (exact) mass is 256 g/mol. The van der Waals surface area contributed by atoms with Gasteiger partial charge < -0.3 is 10.2 Å². The predicted molar refractivity (Wildman–Crippen MR) is 70.5 cm³/mol. The van der Waals surface area contributed by atoms with Crippen molar-refractivity contribution in [3.63, 3.8) is 0 Å². The van der Waals surface area contributed by atoms with Crippen LogP contribution in [0.1, 0.15) is 26.3 Å². The van der Waals surface area contributed by atoms with Crippen molar-refractivity contribution in [2.75, 3.05) is 0 Å². The van der Waals surface area contributed by atoms with Gasteiger partial charge >= 0.3 is 11.9 Å². The molecule has 2 rings (SSSR count). The lowest BCUT2D eigenvalue weighted by Gasteiger charge is -2.08. The van der Waals surface area contributed by atoms with Gasteiger partial charge in [0.15, 0.2) is 0 Å². The highest BCUT2D eigenvalue weighted by atomic mass is 16.4. The number of benzene rings is 2. The van der Waals surface area contributed by atoms with Gasteiger partial charge in [-0.05, 0) is 36.2 Å². The van der Waals surface area contributed by atoms with Crippen LogP contribution in [-0.4, -0.2) is 22.2 Å². The number of carboxylic acids is 2. The van der Waals surface area contributed by atoms with Crippen molar-refractivity contribution in [1.29, 1.82) is 0 Å². The van der Waals surface area contributed by atoms with Gasteiger partial charge in [-0.3, -0.25) is 0 Å². The van der Waals surface area contributed by atoms with Crippen molar-refractivity contribution in [3.8, 4) is 11.1 Å². The van der Waals surface area contributed by atoms with Crippen molar-refractivity contribution in [2.24, 2.45) is 0 Å². The minimum absolute atomic E-state index is 0.174. The summed E-state index contributed by atoms with van der Waals surface area (Å²) < 4.78 is 0. The van der Waals surface area contributed by atoms with Crippen molar-refractivity contribution < 1.29 is 19.8 Å². The number of carboxylic acid groups (broad SMARTS) is 2. The molecule has 0 atom stereocenters. The van der Waals surface area contributed by atoms with E-state index in [1.807, 2.05) is 6.92 Å². The number of hydrogen-bond acceptors (Lipinski definition) is 2. The summed E-state index contributed by atoms with van der Waals surface area (Å²) in [6.07, 6.45) is 0. The molecule has 2 N–H and O–H groups in total. The molecule has 4 nitrogen and oxygen atoms in total. The molecule has 4 heteroatoms. The average Bonchev–Trinajstić information content (AvgIpc) is 2.38. The number of rotatable bonds is 3. The molecule has 0 spiro atoms. The van der Waals surface area contributed by atoms with E-state index >= 15 is 0 Å². The molecule has 0 amide bonds. The molecule has 0 aromatic heterocycles. The maximum absolute atomic E-state index is 11.2. The largest absolute Gasteiger partial charge is 0.478 e. The third-order valence-electron chi connectivity index (χ3n) is 2.85. The Kier molecular flexibility index (Phi) is 3.33. The topological polar surface area (TPSA) is 74.6 Å². The van der Waals surface area contributed by atoms with Crippen LogP contribution in [0.2, 0.25) is 0 Å². The minimum atomic E-state index is -1.01. The normalized spacial score (nSPS) is 10.2. The van der Waals surface area contributed by atoms with Crippen molar-refractivity contribution in [2.45, 2.75) is 6.92 Å². The van der Waals surface area contributed by atoms with Gasteiger partial charge in [-0.25, -0.2) is 9.59 Å². The Hall–Kier alpha value is -2.62. The van der Waals surface area contributed by atoms with E-state index in [0.29, 0.717) is 11.1 Å². The zero-order chi connectivity index (χ0) is 14.0. The van der Waals surface area contributed by atoms with Crippen LogP contribution >= 0.6 is 0 Å². The molecule has 0 aliphatic carbocycles. The standard InChI is InChI=1S/C15H12O4/c1-9-2-7-12(15(18)19)13(8-9)10-3-5-11(6-4-10)14(16)17/h2-8H,1H3,(H,16,17)(H,18,19). The Morgan fingerprint density at radius 1 is 0.895 bits per heavy atom. The summed E-state index contributed by atoms with van der Waals surface area (Å²) in [5.74, 6) is -2.01. The molecule has 0 aliphatic heterocycles.